The molecule has 0 bridgehead atoms. The molecule has 0 radical (unpaired) electrons. The molecule has 5 heteroatoms. The third-order valence-electron chi connectivity index (χ3n) is 2.07. The summed E-state index contributed by atoms with van der Waals surface area (Å²) < 4.78 is 4.93. The largest absolute Gasteiger partial charge is 0.481 e. The summed E-state index contributed by atoms with van der Waals surface area (Å²) in [5, 5.41) is 8.86. The number of aromatic nitrogens is 1. The molecule has 1 atom stereocenters. The highest BCUT2D eigenvalue weighted by atomic mass is 16.5. The molecule has 1 aromatic heterocycles. The Morgan fingerprint density at radius 3 is 2.93 bits per heavy atom. The van der Waals surface area contributed by atoms with Gasteiger partial charge in [0, 0.05) is 18.7 Å². The van der Waals surface area contributed by atoms with Gasteiger partial charge in [0.2, 0.25) is 5.88 Å². The molecule has 1 heterocycles. The van der Waals surface area contributed by atoms with Crippen LogP contribution in [-0.2, 0) is 11.2 Å². The lowest BCUT2D eigenvalue weighted by molar-refractivity contribution is -0.142. The molecule has 0 saturated heterocycles. The molecule has 0 amide bonds. The van der Waals surface area contributed by atoms with Gasteiger partial charge in [-0.3, -0.25) is 4.79 Å². The van der Waals surface area contributed by atoms with Gasteiger partial charge >= 0.3 is 5.97 Å². The first kappa shape index (κ1) is 11.5. The zero-order valence-electron chi connectivity index (χ0n) is 8.73. The molecule has 0 aliphatic rings. The maximum Gasteiger partial charge on any atom is 0.323 e. The number of aliphatic carboxylic acids is 1. The number of nitrogens with zero attached hydrogens (tertiary/aromatic N) is 1. The second-order valence-corrected chi connectivity index (χ2v) is 3.61. The number of methoxy groups -OCH3 is 1. The van der Waals surface area contributed by atoms with E-state index in [1.165, 1.54) is 14.0 Å². The fraction of sp³-hybridized carbons (Fsp3) is 0.400. The molecule has 3 N–H and O–H groups in total. The number of hydrogen-bond acceptors (Lipinski definition) is 4. The van der Waals surface area contributed by atoms with Gasteiger partial charge in [0.15, 0.2) is 0 Å². The number of ether oxygens (including phenoxy) is 1. The van der Waals surface area contributed by atoms with Crippen LogP contribution in [0.2, 0.25) is 0 Å². The number of hydrogen-bond donors (Lipinski definition) is 2. The summed E-state index contributed by atoms with van der Waals surface area (Å²) in [5.74, 6) is -0.577. The summed E-state index contributed by atoms with van der Waals surface area (Å²) in [4.78, 5) is 14.7. The van der Waals surface area contributed by atoms with Gasteiger partial charge in [-0.05, 0) is 18.6 Å². The van der Waals surface area contributed by atoms with Gasteiger partial charge in [-0.15, -0.1) is 0 Å². The molecule has 1 rings (SSSR count). The lowest BCUT2D eigenvalue weighted by atomic mass is 9.95. The minimum atomic E-state index is -1.27. The number of carboxylic acids is 1. The van der Waals surface area contributed by atoms with E-state index in [1.807, 2.05) is 0 Å². The molecule has 0 spiro atoms. The van der Waals surface area contributed by atoms with Gasteiger partial charge in [-0.25, -0.2) is 4.98 Å². The van der Waals surface area contributed by atoms with Crippen molar-refractivity contribution in [2.75, 3.05) is 7.11 Å². The Hall–Kier alpha value is -1.62. The Morgan fingerprint density at radius 1 is 1.73 bits per heavy atom. The molecule has 0 unspecified atom stereocenters. The van der Waals surface area contributed by atoms with Crippen LogP contribution in [0.1, 0.15) is 12.5 Å². The Morgan fingerprint density at radius 2 is 2.40 bits per heavy atom. The predicted octanol–water partition coefficient (Wildman–Crippen LogP) is 0.435. The van der Waals surface area contributed by atoms with Gasteiger partial charge in [-0.1, -0.05) is 0 Å². The molecular formula is C10H14N2O3. The number of rotatable bonds is 4. The average molecular weight is 210 g/mol. The average Bonchev–Trinajstić information content (AvgIpc) is 2.17. The number of pyridine rings is 1. The molecule has 0 aliphatic carbocycles. The maximum atomic E-state index is 10.8. The fourth-order valence-corrected chi connectivity index (χ4v) is 1.17. The number of nitrogens with two attached hydrogens (primary N) is 1. The summed E-state index contributed by atoms with van der Waals surface area (Å²) in [6.45, 7) is 1.47. The van der Waals surface area contributed by atoms with E-state index in [-0.39, 0.29) is 6.42 Å². The topological polar surface area (TPSA) is 85.4 Å². The Balaban J connectivity index is 2.85. The Labute approximate surface area is 87.9 Å². The van der Waals surface area contributed by atoms with Crippen molar-refractivity contribution in [3.05, 3.63) is 23.9 Å². The van der Waals surface area contributed by atoms with Crippen LogP contribution in [0.3, 0.4) is 0 Å². The van der Waals surface area contributed by atoms with Gasteiger partial charge < -0.3 is 15.6 Å². The van der Waals surface area contributed by atoms with Crippen molar-refractivity contribution in [2.24, 2.45) is 5.73 Å². The quantitative estimate of drug-likeness (QED) is 0.752. The van der Waals surface area contributed by atoms with E-state index in [9.17, 15) is 4.79 Å². The third kappa shape index (κ3) is 2.92. The predicted molar refractivity (Wildman–Crippen MR) is 54.7 cm³/mol. The zero-order valence-corrected chi connectivity index (χ0v) is 8.73. The zero-order chi connectivity index (χ0) is 11.5. The van der Waals surface area contributed by atoms with Crippen LogP contribution < -0.4 is 10.5 Å². The maximum absolute atomic E-state index is 10.8. The van der Waals surface area contributed by atoms with Crippen molar-refractivity contribution < 1.29 is 14.6 Å². The van der Waals surface area contributed by atoms with Crippen molar-refractivity contribution in [1.29, 1.82) is 0 Å². The number of carbonyl (C=O) groups is 1. The molecule has 5 nitrogen and oxygen atoms in total. The minimum Gasteiger partial charge on any atom is -0.481 e. The minimum absolute atomic E-state index is 0.237. The van der Waals surface area contributed by atoms with E-state index < -0.39 is 11.5 Å². The summed E-state index contributed by atoms with van der Waals surface area (Å²) >= 11 is 0. The fourth-order valence-electron chi connectivity index (χ4n) is 1.17. The summed E-state index contributed by atoms with van der Waals surface area (Å²) in [5.41, 5.74) is 5.14. The molecule has 0 fully saturated rings. The van der Waals surface area contributed by atoms with Gasteiger partial charge in [0.25, 0.3) is 0 Å². The molecule has 1 aromatic rings. The summed E-state index contributed by atoms with van der Waals surface area (Å²) in [6.07, 6.45) is 1.80. The van der Waals surface area contributed by atoms with Gasteiger partial charge in [0.1, 0.15) is 5.54 Å². The second-order valence-electron chi connectivity index (χ2n) is 3.61. The SMILES string of the molecule is COc1cc(C[C@](C)(N)C(=O)O)ccn1. The molecule has 0 aromatic carbocycles. The first-order valence-electron chi connectivity index (χ1n) is 4.47. The van der Waals surface area contributed by atoms with E-state index in [0.29, 0.717) is 5.88 Å². The van der Waals surface area contributed by atoms with Crippen LogP contribution in [0.15, 0.2) is 18.3 Å². The third-order valence-corrected chi connectivity index (χ3v) is 2.07. The standard InChI is InChI=1S/C10H14N2O3/c1-10(11,9(13)14)6-7-3-4-12-8(5-7)15-2/h3-5H,6,11H2,1-2H3,(H,13,14)/t10-/m0/s1. The van der Waals surface area contributed by atoms with Crippen LogP contribution in [0, 0.1) is 0 Å². The smallest absolute Gasteiger partial charge is 0.323 e. The van der Waals surface area contributed by atoms with E-state index in [1.54, 1.807) is 18.3 Å². The van der Waals surface area contributed by atoms with Crippen molar-refractivity contribution in [3.63, 3.8) is 0 Å². The van der Waals surface area contributed by atoms with E-state index in [2.05, 4.69) is 4.98 Å². The van der Waals surface area contributed by atoms with Crippen LogP contribution in [0.25, 0.3) is 0 Å². The highest BCUT2D eigenvalue weighted by molar-refractivity contribution is 5.78. The van der Waals surface area contributed by atoms with Crippen LogP contribution in [0.5, 0.6) is 5.88 Å². The first-order valence-corrected chi connectivity index (χ1v) is 4.47. The van der Waals surface area contributed by atoms with Crippen molar-refractivity contribution in [2.45, 2.75) is 18.9 Å². The highest BCUT2D eigenvalue weighted by Gasteiger charge is 2.28. The molecule has 15 heavy (non-hydrogen) atoms. The van der Waals surface area contributed by atoms with Crippen molar-refractivity contribution in [3.8, 4) is 5.88 Å². The molecule has 82 valence electrons. The molecule has 0 aliphatic heterocycles. The molecule has 0 saturated carbocycles. The highest BCUT2D eigenvalue weighted by Crippen LogP contribution is 2.14. The van der Waals surface area contributed by atoms with E-state index >= 15 is 0 Å². The lowest BCUT2D eigenvalue weighted by Crippen LogP contribution is -2.46. The number of carboxylic acid groups (broad SMARTS) is 1. The van der Waals surface area contributed by atoms with Gasteiger partial charge in [0.05, 0.1) is 7.11 Å². The summed E-state index contributed by atoms with van der Waals surface area (Å²) in [7, 11) is 1.50. The van der Waals surface area contributed by atoms with Crippen molar-refractivity contribution in [1.82, 2.24) is 4.98 Å². The van der Waals surface area contributed by atoms with Crippen LogP contribution in [0.4, 0.5) is 0 Å². The normalized spacial score (nSPS) is 14.3. The van der Waals surface area contributed by atoms with E-state index in [4.69, 9.17) is 15.6 Å². The van der Waals surface area contributed by atoms with Gasteiger partial charge in [-0.2, -0.15) is 0 Å². The molecular weight excluding hydrogens is 196 g/mol. The first-order chi connectivity index (χ1) is 6.95. The Bertz CT molecular complexity index is 363. The second kappa shape index (κ2) is 4.27. The van der Waals surface area contributed by atoms with E-state index in [0.717, 1.165) is 5.56 Å². The lowest BCUT2D eigenvalue weighted by Gasteiger charge is -2.18. The Kier molecular flexibility index (Phi) is 3.26. The van der Waals surface area contributed by atoms with Crippen LogP contribution >= 0.6 is 0 Å². The van der Waals surface area contributed by atoms with Crippen molar-refractivity contribution >= 4 is 5.97 Å². The van der Waals surface area contributed by atoms with Crippen LogP contribution in [-0.4, -0.2) is 28.7 Å². The summed E-state index contributed by atoms with van der Waals surface area (Å²) in [6, 6.07) is 3.39. The monoisotopic (exact) mass is 210 g/mol.